The summed E-state index contributed by atoms with van der Waals surface area (Å²) in [5, 5.41) is 15.3. The molecule has 2 amide bonds. The minimum atomic E-state index is -1.29. The van der Waals surface area contributed by atoms with Gasteiger partial charge in [0.1, 0.15) is 18.2 Å². The third-order valence-electron chi connectivity index (χ3n) is 8.34. The number of carboxylic acids is 1. The van der Waals surface area contributed by atoms with Crippen LogP contribution in [0.2, 0.25) is 0 Å². The van der Waals surface area contributed by atoms with Crippen LogP contribution >= 0.6 is 0 Å². The Bertz CT molecular complexity index is 1390. The summed E-state index contributed by atoms with van der Waals surface area (Å²) in [7, 11) is 0. The number of piperidine rings is 1. The van der Waals surface area contributed by atoms with Crippen LogP contribution in [-0.2, 0) is 20.9 Å². The van der Waals surface area contributed by atoms with Crippen molar-refractivity contribution in [3.05, 3.63) is 108 Å². The summed E-state index contributed by atoms with van der Waals surface area (Å²) in [6.07, 6.45) is 2.23. The second-order valence-electron chi connectivity index (χ2n) is 11.0. The molecule has 0 radical (unpaired) electrons. The van der Waals surface area contributed by atoms with Crippen molar-refractivity contribution >= 4 is 18.0 Å². The average molecular weight is 568 g/mol. The number of rotatable bonds is 11. The maximum Gasteiger partial charge on any atom is 0.408 e. The predicted molar refractivity (Wildman–Crippen MR) is 161 cm³/mol. The Hall–Kier alpha value is -4.43. The van der Waals surface area contributed by atoms with Crippen LogP contribution in [0.5, 0.6) is 0 Å². The normalized spacial score (nSPS) is 16.5. The average Bonchev–Trinajstić information content (AvgIpc) is 3.33. The molecular formula is C34H37N3O5. The zero-order valence-corrected chi connectivity index (χ0v) is 23.6. The van der Waals surface area contributed by atoms with Crippen molar-refractivity contribution in [2.75, 3.05) is 19.7 Å². The topological polar surface area (TPSA) is 108 Å². The number of carbonyl (C=O) groups is 3. The van der Waals surface area contributed by atoms with E-state index in [2.05, 4.69) is 46.4 Å². The summed E-state index contributed by atoms with van der Waals surface area (Å²) in [4.78, 5) is 41.1. The molecule has 3 aromatic carbocycles. The lowest BCUT2D eigenvalue weighted by Gasteiger charge is -2.41. The summed E-state index contributed by atoms with van der Waals surface area (Å²) >= 11 is 0. The molecule has 218 valence electrons. The van der Waals surface area contributed by atoms with Crippen LogP contribution < -0.4 is 10.6 Å². The van der Waals surface area contributed by atoms with Crippen LogP contribution in [0.1, 0.15) is 48.3 Å². The van der Waals surface area contributed by atoms with Gasteiger partial charge in [-0.1, -0.05) is 84.9 Å². The highest BCUT2D eigenvalue weighted by molar-refractivity contribution is 5.93. The number of amides is 2. The van der Waals surface area contributed by atoms with Gasteiger partial charge in [0.05, 0.1) is 0 Å². The fourth-order valence-electron chi connectivity index (χ4n) is 6.01. The first kappa shape index (κ1) is 29.1. The summed E-state index contributed by atoms with van der Waals surface area (Å²) in [6.45, 7) is 5.60. The second-order valence-corrected chi connectivity index (χ2v) is 11.0. The lowest BCUT2D eigenvalue weighted by molar-refractivity contribution is -0.143. The Labute approximate surface area is 246 Å². The van der Waals surface area contributed by atoms with E-state index in [0.717, 1.165) is 34.4 Å². The van der Waals surface area contributed by atoms with Crippen LogP contribution in [0.25, 0.3) is 11.1 Å². The molecule has 1 atom stereocenters. The van der Waals surface area contributed by atoms with E-state index in [1.807, 2.05) is 54.6 Å². The van der Waals surface area contributed by atoms with Gasteiger partial charge in [-0.2, -0.15) is 0 Å². The summed E-state index contributed by atoms with van der Waals surface area (Å²) in [5.74, 6) is -1.74. The van der Waals surface area contributed by atoms with Crippen molar-refractivity contribution in [1.82, 2.24) is 15.5 Å². The molecule has 42 heavy (non-hydrogen) atoms. The second kappa shape index (κ2) is 13.0. The molecule has 0 spiro atoms. The molecule has 1 unspecified atom stereocenters. The lowest BCUT2D eigenvalue weighted by atomic mass is 9.85. The molecule has 1 aliphatic carbocycles. The Kier molecular flexibility index (Phi) is 9.03. The van der Waals surface area contributed by atoms with E-state index in [4.69, 9.17) is 4.74 Å². The number of carboxylic acid groups (broad SMARTS) is 1. The first-order valence-corrected chi connectivity index (χ1v) is 14.4. The lowest BCUT2D eigenvalue weighted by Crippen LogP contribution is -2.64. The quantitative estimate of drug-likeness (QED) is 0.279. The maximum atomic E-state index is 13.7. The van der Waals surface area contributed by atoms with E-state index in [9.17, 15) is 19.5 Å². The van der Waals surface area contributed by atoms with Gasteiger partial charge in [-0.15, -0.1) is 6.58 Å². The van der Waals surface area contributed by atoms with Crippen LogP contribution in [0.3, 0.4) is 0 Å². The van der Waals surface area contributed by atoms with Gasteiger partial charge in [0.25, 0.3) is 0 Å². The molecule has 0 bridgehead atoms. The summed E-state index contributed by atoms with van der Waals surface area (Å²) in [5.41, 5.74) is 4.32. The van der Waals surface area contributed by atoms with Gasteiger partial charge in [-0.25, -0.2) is 9.59 Å². The molecule has 1 saturated heterocycles. The number of nitrogens with zero attached hydrogens (tertiary/aromatic N) is 1. The number of likely N-dealkylation sites (tertiary alicyclic amines) is 1. The molecule has 0 aromatic heterocycles. The van der Waals surface area contributed by atoms with Crippen LogP contribution in [0.4, 0.5) is 4.79 Å². The number of hydrogen-bond acceptors (Lipinski definition) is 5. The van der Waals surface area contributed by atoms with E-state index in [-0.39, 0.29) is 18.9 Å². The highest BCUT2D eigenvalue weighted by Crippen LogP contribution is 2.44. The number of alkyl carbamates (subject to hydrolysis) is 1. The highest BCUT2D eigenvalue weighted by Gasteiger charge is 2.44. The number of benzene rings is 3. The van der Waals surface area contributed by atoms with Crippen molar-refractivity contribution in [2.24, 2.45) is 0 Å². The van der Waals surface area contributed by atoms with Crippen molar-refractivity contribution < 1.29 is 24.2 Å². The van der Waals surface area contributed by atoms with Gasteiger partial charge < -0.3 is 20.5 Å². The maximum absolute atomic E-state index is 13.7. The zero-order chi connectivity index (χ0) is 29.5. The molecule has 1 heterocycles. The van der Waals surface area contributed by atoms with Gasteiger partial charge in [-0.05, 0) is 53.5 Å². The minimum Gasteiger partial charge on any atom is -0.480 e. The number of carbonyl (C=O) groups excluding carboxylic acids is 2. The number of fused-ring (bicyclic) bond motifs is 3. The van der Waals surface area contributed by atoms with Crippen molar-refractivity contribution in [1.29, 1.82) is 0 Å². The number of hydrogen-bond donors (Lipinski definition) is 3. The largest absolute Gasteiger partial charge is 0.480 e. The number of allylic oxidation sites excluding steroid dienone is 1. The molecule has 3 N–H and O–H groups in total. The van der Waals surface area contributed by atoms with E-state index in [1.165, 1.54) is 0 Å². The summed E-state index contributed by atoms with van der Waals surface area (Å²) < 4.78 is 5.78. The smallest absolute Gasteiger partial charge is 0.408 e. The van der Waals surface area contributed by atoms with Gasteiger partial charge in [0, 0.05) is 25.6 Å². The molecule has 1 aliphatic heterocycles. The van der Waals surface area contributed by atoms with Crippen LogP contribution in [0, 0.1) is 0 Å². The van der Waals surface area contributed by atoms with Crippen LogP contribution in [0.15, 0.2) is 91.5 Å². The zero-order valence-electron chi connectivity index (χ0n) is 23.6. The van der Waals surface area contributed by atoms with E-state index in [1.54, 1.807) is 6.08 Å². The fourth-order valence-corrected chi connectivity index (χ4v) is 6.01. The molecule has 2 aliphatic rings. The molecule has 1 fully saturated rings. The van der Waals surface area contributed by atoms with Crippen molar-refractivity contribution in [2.45, 2.75) is 49.7 Å². The van der Waals surface area contributed by atoms with Crippen LogP contribution in [-0.4, -0.2) is 59.3 Å². The minimum absolute atomic E-state index is 0.115. The Morgan fingerprint density at radius 1 is 0.952 bits per heavy atom. The van der Waals surface area contributed by atoms with Crippen molar-refractivity contribution in [3.63, 3.8) is 0 Å². The molecule has 8 heteroatoms. The highest BCUT2D eigenvalue weighted by atomic mass is 16.5. The molecule has 8 nitrogen and oxygen atoms in total. The van der Waals surface area contributed by atoms with E-state index in [0.29, 0.717) is 32.4 Å². The van der Waals surface area contributed by atoms with Crippen molar-refractivity contribution in [3.8, 4) is 11.1 Å². The first-order valence-electron chi connectivity index (χ1n) is 14.4. The predicted octanol–water partition coefficient (Wildman–Crippen LogP) is 5.10. The Morgan fingerprint density at radius 3 is 2.14 bits per heavy atom. The Balaban J connectivity index is 1.29. The third-order valence-corrected chi connectivity index (χ3v) is 8.34. The van der Waals surface area contributed by atoms with Gasteiger partial charge in [0.15, 0.2) is 0 Å². The third kappa shape index (κ3) is 6.39. The number of nitrogens with one attached hydrogen (secondary N) is 2. The van der Waals surface area contributed by atoms with Gasteiger partial charge in [-0.3, -0.25) is 9.69 Å². The molecule has 0 saturated carbocycles. The number of aliphatic carboxylic acids is 1. The summed E-state index contributed by atoms with van der Waals surface area (Å²) in [6, 6.07) is 25.2. The first-order chi connectivity index (χ1) is 20.4. The molecule has 3 aromatic rings. The van der Waals surface area contributed by atoms with E-state index >= 15 is 0 Å². The Morgan fingerprint density at radius 2 is 1.55 bits per heavy atom. The molecule has 5 rings (SSSR count). The monoisotopic (exact) mass is 567 g/mol. The SMILES string of the molecule is C=CCCC(NC(=O)C1(NC(=O)OCC2c3ccccc3-c3ccccc32)CCN(Cc2ccccc2)CC1)C(=O)O. The standard InChI is InChI=1S/C34H37N3O5/c1-2-3-17-30(31(38)39)35-32(40)34(18-20-37(21-19-34)22-24-11-5-4-6-12-24)36-33(41)42-23-29-27-15-9-7-13-25(27)26-14-8-10-16-28(26)29/h2,4-16,29-30H,1,3,17-23H2,(H,35,40)(H,36,41)(H,38,39). The molecular weight excluding hydrogens is 530 g/mol. The van der Waals surface area contributed by atoms with Gasteiger partial charge >= 0.3 is 12.1 Å². The number of ether oxygens (including phenoxy) is 1. The fraction of sp³-hybridized carbons (Fsp3) is 0.324. The van der Waals surface area contributed by atoms with E-state index < -0.39 is 29.6 Å². The van der Waals surface area contributed by atoms with Gasteiger partial charge in [0.2, 0.25) is 5.91 Å².